The van der Waals surface area contributed by atoms with Gasteiger partial charge in [0, 0.05) is 36.3 Å². The topological polar surface area (TPSA) is 49.5 Å². The predicted octanol–water partition coefficient (Wildman–Crippen LogP) is 2.12. The molecule has 3 atom stereocenters. The van der Waals surface area contributed by atoms with Crippen LogP contribution in [0.4, 0.5) is 5.69 Å². The van der Waals surface area contributed by atoms with Gasteiger partial charge in [-0.25, -0.2) is 0 Å². The summed E-state index contributed by atoms with van der Waals surface area (Å²) in [5.74, 6) is 1.13. The van der Waals surface area contributed by atoms with Crippen molar-refractivity contribution in [3.8, 4) is 0 Å². The number of nitrogen functional groups attached to an aromatic ring is 1. The summed E-state index contributed by atoms with van der Waals surface area (Å²) in [6.45, 7) is 2.90. The van der Waals surface area contributed by atoms with E-state index in [0.29, 0.717) is 11.8 Å². The molecule has 3 N–H and O–H groups in total. The van der Waals surface area contributed by atoms with Crippen molar-refractivity contribution in [1.82, 2.24) is 4.90 Å². The zero-order valence-electron chi connectivity index (χ0n) is 10.3. The summed E-state index contributed by atoms with van der Waals surface area (Å²) in [5, 5.41) is 10.7. The van der Waals surface area contributed by atoms with Gasteiger partial charge in [0.05, 0.1) is 6.10 Å². The van der Waals surface area contributed by atoms with Crippen LogP contribution < -0.4 is 5.73 Å². The number of aliphatic hydroxyl groups excluding tert-OH is 1. The molecule has 4 heteroatoms. The van der Waals surface area contributed by atoms with Gasteiger partial charge in [0.15, 0.2) is 0 Å². The molecule has 2 aliphatic rings. The summed E-state index contributed by atoms with van der Waals surface area (Å²) in [4.78, 5) is 2.39. The van der Waals surface area contributed by atoms with Crippen LogP contribution in [0.2, 0.25) is 5.02 Å². The zero-order valence-corrected chi connectivity index (χ0v) is 11.1. The number of nitrogens with two attached hydrogens (primary N) is 1. The Morgan fingerprint density at radius 1 is 1.33 bits per heavy atom. The SMILES string of the molecule is Nc1ccc(Cl)c(CN2CC3CCC(O)C3C2)c1. The molecule has 98 valence electrons. The van der Waals surface area contributed by atoms with Crippen LogP contribution in [-0.4, -0.2) is 29.2 Å². The van der Waals surface area contributed by atoms with E-state index in [1.165, 1.54) is 0 Å². The Hall–Kier alpha value is -0.770. The van der Waals surface area contributed by atoms with Crippen LogP contribution in [0, 0.1) is 11.8 Å². The Kier molecular flexibility index (Phi) is 3.22. The molecule has 1 aromatic carbocycles. The van der Waals surface area contributed by atoms with E-state index in [1.807, 2.05) is 18.2 Å². The summed E-state index contributed by atoms with van der Waals surface area (Å²) in [5.41, 5.74) is 7.65. The third-order valence-corrected chi connectivity index (χ3v) is 4.73. The van der Waals surface area contributed by atoms with Crippen molar-refractivity contribution in [3.63, 3.8) is 0 Å². The van der Waals surface area contributed by atoms with E-state index >= 15 is 0 Å². The maximum absolute atomic E-state index is 9.91. The standard InChI is InChI=1S/C14H19ClN2O/c15-13-3-2-11(16)5-10(13)7-17-6-9-1-4-14(18)12(9)8-17/h2-3,5,9,12,14,18H,1,4,6-8,16H2. The number of rotatable bonds is 2. The van der Waals surface area contributed by atoms with Gasteiger partial charge in [-0.2, -0.15) is 0 Å². The molecule has 3 unspecified atom stereocenters. The molecule has 0 aromatic heterocycles. The smallest absolute Gasteiger partial charge is 0.0583 e. The first-order valence-corrected chi connectivity index (χ1v) is 6.95. The average Bonchev–Trinajstić information content (AvgIpc) is 2.87. The molecule has 3 nitrogen and oxygen atoms in total. The first-order chi connectivity index (χ1) is 8.63. The number of aliphatic hydroxyl groups is 1. The van der Waals surface area contributed by atoms with Crippen LogP contribution in [-0.2, 0) is 6.54 Å². The van der Waals surface area contributed by atoms with Gasteiger partial charge in [0.25, 0.3) is 0 Å². The van der Waals surface area contributed by atoms with Crippen molar-refractivity contribution < 1.29 is 5.11 Å². The highest BCUT2D eigenvalue weighted by molar-refractivity contribution is 6.31. The molecule has 1 aliphatic heterocycles. The number of anilines is 1. The molecule has 0 amide bonds. The number of benzene rings is 1. The Morgan fingerprint density at radius 2 is 2.17 bits per heavy atom. The van der Waals surface area contributed by atoms with Crippen LogP contribution in [0.3, 0.4) is 0 Å². The lowest BCUT2D eigenvalue weighted by Gasteiger charge is -2.19. The number of fused-ring (bicyclic) bond motifs is 1. The second-order valence-corrected chi connectivity index (χ2v) is 6.02. The molecule has 3 rings (SSSR count). The van der Waals surface area contributed by atoms with Crippen molar-refractivity contribution in [3.05, 3.63) is 28.8 Å². The quantitative estimate of drug-likeness (QED) is 0.807. The van der Waals surface area contributed by atoms with Gasteiger partial charge in [-0.15, -0.1) is 0 Å². The Labute approximate surface area is 113 Å². The third kappa shape index (κ3) is 2.22. The maximum Gasteiger partial charge on any atom is 0.0583 e. The fourth-order valence-electron chi connectivity index (χ4n) is 3.41. The Balaban J connectivity index is 1.69. The summed E-state index contributed by atoms with van der Waals surface area (Å²) in [7, 11) is 0. The number of hydrogen-bond donors (Lipinski definition) is 2. The van der Waals surface area contributed by atoms with E-state index in [-0.39, 0.29) is 6.10 Å². The lowest BCUT2D eigenvalue weighted by molar-refractivity contribution is 0.123. The Morgan fingerprint density at radius 3 is 2.94 bits per heavy atom. The highest BCUT2D eigenvalue weighted by Crippen LogP contribution is 2.38. The van der Waals surface area contributed by atoms with Crippen LogP contribution in [0.25, 0.3) is 0 Å². The molecule has 0 radical (unpaired) electrons. The molecule has 0 spiro atoms. The van der Waals surface area contributed by atoms with Crippen LogP contribution >= 0.6 is 11.6 Å². The maximum atomic E-state index is 9.91. The molecular weight excluding hydrogens is 248 g/mol. The monoisotopic (exact) mass is 266 g/mol. The van der Waals surface area contributed by atoms with Crippen LogP contribution in [0.15, 0.2) is 18.2 Å². The summed E-state index contributed by atoms with van der Waals surface area (Å²) >= 11 is 6.19. The number of hydrogen-bond acceptors (Lipinski definition) is 3. The van der Waals surface area contributed by atoms with Gasteiger partial charge >= 0.3 is 0 Å². The lowest BCUT2D eigenvalue weighted by Crippen LogP contribution is -2.24. The molecule has 0 bridgehead atoms. The highest BCUT2D eigenvalue weighted by Gasteiger charge is 2.41. The van der Waals surface area contributed by atoms with Crippen molar-refractivity contribution in [2.45, 2.75) is 25.5 Å². The Bertz CT molecular complexity index is 451. The van der Waals surface area contributed by atoms with Crippen molar-refractivity contribution in [1.29, 1.82) is 0 Å². The predicted molar refractivity (Wildman–Crippen MR) is 73.4 cm³/mol. The zero-order chi connectivity index (χ0) is 12.7. The highest BCUT2D eigenvalue weighted by atomic mass is 35.5. The van der Waals surface area contributed by atoms with Crippen LogP contribution in [0.1, 0.15) is 18.4 Å². The minimum Gasteiger partial charge on any atom is -0.399 e. The molecule has 1 saturated carbocycles. The van der Waals surface area contributed by atoms with E-state index in [9.17, 15) is 5.11 Å². The van der Waals surface area contributed by atoms with E-state index in [1.54, 1.807) is 0 Å². The average molecular weight is 267 g/mol. The van der Waals surface area contributed by atoms with Crippen LogP contribution in [0.5, 0.6) is 0 Å². The van der Waals surface area contributed by atoms with E-state index < -0.39 is 0 Å². The normalized spacial score (nSPS) is 31.8. The van der Waals surface area contributed by atoms with Crippen molar-refractivity contribution in [2.24, 2.45) is 11.8 Å². The second-order valence-electron chi connectivity index (χ2n) is 5.61. The van der Waals surface area contributed by atoms with Gasteiger partial charge in [-0.1, -0.05) is 11.6 Å². The lowest BCUT2D eigenvalue weighted by atomic mass is 10.00. The molecule has 1 aliphatic carbocycles. The van der Waals surface area contributed by atoms with Crippen molar-refractivity contribution >= 4 is 17.3 Å². The largest absolute Gasteiger partial charge is 0.399 e. The number of nitrogens with zero attached hydrogens (tertiary/aromatic N) is 1. The number of likely N-dealkylation sites (tertiary alicyclic amines) is 1. The van der Waals surface area contributed by atoms with Gasteiger partial charge < -0.3 is 10.8 Å². The van der Waals surface area contributed by atoms with Gasteiger partial charge in [0.2, 0.25) is 0 Å². The first-order valence-electron chi connectivity index (χ1n) is 6.58. The molecule has 1 heterocycles. The molecule has 2 fully saturated rings. The summed E-state index contributed by atoms with van der Waals surface area (Å²) < 4.78 is 0. The molecule has 1 aromatic rings. The van der Waals surface area contributed by atoms with Gasteiger partial charge in [-0.3, -0.25) is 4.90 Å². The number of halogens is 1. The first kappa shape index (κ1) is 12.3. The molecule has 18 heavy (non-hydrogen) atoms. The van der Waals surface area contributed by atoms with E-state index in [4.69, 9.17) is 17.3 Å². The minimum absolute atomic E-state index is 0.101. The van der Waals surface area contributed by atoms with Gasteiger partial charge in [0.1, 0.15) is 0 Å². The fraction of sp³-hybridized carbons (Fsp3) is 0.571. The molecular formula is C14H19ClN2O. The summed E-state index contributed by atoms with van der Waals surface area (Å²) in [6.07, 6.45) is 2.03. The van der Waals surface area contributed by atoms with E-state index in [0.717, 1.165) is 48.7 Å². The van der Waals surface area contributed by atoms with E-state index in [2.05, 4.69) is 4.90 Å². The minimum atomic E-state index is -0.101. The van der Waals surface area contributed by atoms with Gasteiger partial charge in [-0.05, 0) is 42.5 Å². The molecule has 1 saturated heterocycles. The fourth-order valence-corrected chi connectivity index (χ4v) is 3.59. The van der Waals surface area contributed by atoms with Crippen molar-refractivity contribution in [2.75, 3.05) is 18.8 Å². The third-order valence-electron chi connectivity index (χ3n) is 4.36. The second kappa shape index (κ2) is 4.72. The summed E-state index contributed by atoms with van der Waals surface area (Å²) in [6, 6.07) is 5.64.